The van der Waals surface area contributed by atoms with Crippen molar-refractivity contribution in [2.45, 2.75) is 38.4 Å². The molecule has 1 aliphatic heterocycles. The number of hydrogen-bond acceptors (Lipinski definition) is 5. The van der Waals surface area contributed by atoms with E-state index >= 15 is 0 Å². The van der Waals surface area contributed by atoms with Crippen LogP contribution in [0.2, 0.25) is 0 Å². The number of alkyl halides is 3. The second kappa shape index (κ2) is 11.0. The van der Waals surface area contributed by atoms with Crippen molar-refractivity contribution in [1.29, 1.82) is 5.26 Å². The van der Waals surface area contributed by atoms with Crippen molar-refractivity contribution in [1.82, 2.24) is 14.8 Å². The second-order valence-corrected chi connectivity index (χ2v) is 9.15. The molecule has 0 atom stereocenters. The molecule has 0 saturated heterocycles. The van der Waals surface area contributed by atoms with Crippen LogP contribution in [0.5, 0.6) is 5.75 Å². The van der Waals surface area contributed by atoms with E-state index in [-0.39, 0.29) is 11.3 Å². The molecule has 0 N–H and O–H groups in total. The van der Waals surface area contributed by atoms with E-state index in [2.05, 4.69) is 16.3 Å². The van der Waals surface area contributed by atoms with Gasteiger partial charge in [0.05, 0.1) is 16.7 Å². The van der Waals surface area contributed by atoms with E-state index in [4.69, 9.17) is 4.74 Å². The van der Waals surface area contributed by atoms with Gasteiger partial charge < -0.3 is 9.30 Å². The van der Waals surface area contributed by atoms with Crippen molar-refractivity contribution in [3.63, 3.8) is 0 Å². The Hall–Kier alpha value is -4.71. The summed E-state index contributed by atoms with van der Waals surface area (Å²) in [7, 11) is 0. The van der Waals surface area contributed by atoms with Crippen molar-refractivity contribution in [2.24, 2.45) is 0 Å². The molecule has 0 radical (unpaired) electrons. The van der Waals surface area contributed by atoms with Gasteiger partial charge in [0.1, 0.15) is 17.6 Å². The Balaban J connectivity index is 1.34. The van der Waals surface area contributed by atoms with Crippen molar-refractivity contribution < 1.29 is 22.7 Å². The zero-order valence-electron chi connectivity index (χ0n) is 20.8. The van der Waals surface area contributed by atoms with Crippen molar-refractivity contribution in [3.8, 4) is 22.9 Å². The fourth-order valence-electron chi connectivity index (χ4n) is 4.54. The summed E-state index contributed by atoms with van der Waals surface area (Å²) >= 11 is 0. The first kappa shape index (κ1) is 25.9. The predicted octanol–water partition coefficient (Wildman–Crippen LogP) is 6.97. The van der Waals surface area contributed by atoms with Gasteiger partial charge in [-0.25, -0.2) is 4.79 Å². The average molecular weight is 529 g/mol. The zero-order chi connectivity index (χ0) is 27.4. The smallest absolute Gasteiger partial charge is 0.416 e. The first-order valence-electron chi connectivity index (χ1n) is 12.5. The monoisotopic (exact) mass is 528 g/mol. The van der Waals surface area contributed by atoms with Crippen LogP contribution in [0.15, 0.2) is 72.8 Å². The van der Waals surface area contributed by atoms with Gasteiger partial charge in [-0.15, -0.1) is 10.2 Å². The van der Waals surface area contributed by atoms with Crippen LogP contribution >= 0.6 is 0 Å². The molecule has 5 rings (SSSR count). The molecular formula is C30H23F3N4O2. The molecule has 0 saturated carbocycles. The summed E-state index contributed by atoms with van der Waals surface area (Å²) in [6.45, 7) is 0.777. The average Bonchev–Trinajstić information content (AvgIpc) is 3.19. The minimum absolute atomic E-state index is 0.223. The molecule has 6 nitrogen and oxygen atoms in total. The first-order valence-corrected chi connectivity index (χ1v) is 12.5. The van der Waals surface area contributed by atoms with Crippen molar-refractivity contribution in [2.75, 3.05) is 0 Å². The van der Waals surface area contributed by atoms with E-state index in [1.54, 1.807) is 54.6 Å². The highest BCUT2D eigenvalue weighted by atomic mass is 19.4. The van der Waals surface area contributed by atoms with Gasteiger partial charge in [-0.1, -0.05) is 48.9 Å². The van der Waals surface area contributed by atoms with Gasteiger partial charge in [0.25, 0.3) is 0 Å². The number of nitrogens with zero attached hydrogens (tertiary/aromatic N) is 4. The Labute approximate surface area is 223 Å². The van der Waals surface area contributed by atoms with Crippen LogP contribution in [0.3, 0.4) is 0 Å². The molecule has 0 aliphatic carbocycles. The number of allylic oxidation sites excluding steroid dienone is 1. The third-order valence-corrected chi connectivity index (χ3v) is 6.54. The van der Waals surface area contributed by atoms with Crippen molar-refractivity contribution in [3.05, 3.63) is 101 Å². The SMILES string of the molecule is N#C/C(=C\c1ccc(OC(=O)c2ccccc2-c2ccc(C(F)(F)F)cc2)cc1)c1nnc2n1CCCCC2. The maximum Gasteiger partial charge on any atom is 0.416 e. The fourth-order valence-corrected chi connectivity index (χ4v) is 4.54. The molecule has 0 amide bonds. The minimum Gasteiger partial charge on any atom is -0.423 e. The van der Waals surface area contributed by atoms with E-state index in [0.717, 1.165) is 55.7 Å². The maximum atomic E-state index is 13.0. The molecule has 4 aromatic rings. The predicted molar refractivity (Wildman–Crippen MR) is 139 cm³/mol. The van der Waals surface area contributed by atoms with E-state index in [9.17, 15) is 23.2 Å². The summed E-state index contributed by atoms with van der Waals surface area (Å²) in [5.74, 6) is 1.08. The number of halogens is 3. The lowest BCUT2D eigenvalue weighted by atomic mass is 9.98. The Bertz CT molecular complexity index is 1560. The van der Waals surface area contributed by atoms with E-state index in [0.29, 0.717) is 22.5 Å². The quantitative estimate of drug-likeness (QED) is 0.159. The molecule has 0 spiro atoms. The molecule has 0 bridgehead atoms. The van der Waals surface area contributed by atoms with Crippen molar-refractivity contribution >= 4 is 17.6 Å². The summed E-state index contributed by atoms with van der Waals surface area (Å²) in [4.78, 5) is 13.0. The maximum absolute atomic E-state index is 13.0. The van der Waals surface area contributed by atoms with Crippen LogP contribution in [0.25, 0.3) is 22.8 Å². The first-order chi connectivity index (χ1) is 18.8. The minimum atomic E-state index is -4.44. The number of esters is 1. The molecule has 0 fully saturated rings. The summed E-state index contributed by atoms with van der Waals surface area (Å²) in [6, 6.07) is 20.1. The topological polar surface area (TPSA) is 80.8 Å². The highest BCUT2D eigenvalue weighted by molar-refractivity contribution is 5.98. The number of aromatic nitrogens is 3. The number of hydrogen-bond donors (Lipinski definition) is 0. The van der Waals surface area contributed by atoms with Gasteiger partial charge in [0.2, 0.25) is 0 Å². The standard InChI is InChI=1S/C30H23F3N4O2/c31-30(32,33)23-13-11-21(12-14-23)25-6-3-4-7-26(25)29(38)39-24-15-9-20(10-16-24)18-22(19-34)28-36-35-27-8-2-1-5-17-37(27)28/h3-4,6-7,9-16,18H,1-2,5,8,17H2/b22-18+. The second-order valence-electron chi connectivity index (χ2n) is 9.15. The Morgan fingerprint density at radius 1 is 0.949 bits per heavy atom. The van der Waals surface area contributed by atoms with E-state index in [1.807, 2.05) is 4.57 Å². The molecule has 196 valence electrons. The van der Waals surface area contributed by atoms with Gasteiger partial charge in [0.15, 0.2) is 5.82 Å². The number of ether oxygens (including phenoxy) is 1. The number of rotatable bonds is 5. The third kappa shape index (κ3) is 5.75. The summed E-state index contributed by atoms with van der Waals surface area (Å²) < 4.78 is 46.4. The van der Waals surface area contributed by atoms with E-state index < -0.39 is 17.7 Å². The fraction of sp³-hybridized carbons (Fsp3) is 0.200. The van der Waals surface area contributed by atoms with Gasteiger partial charge in [-0.3, -0.25) is 0 Å². The largest absolute Gasteiger partial charge is 0.423 e. The lowest BCUT2D eigenvalue weighted by Crippen LogP contribution is -2.10. The molecule has 0 unspecified atom stereocenters. The number of aryl methyl sites for hydroxylation is 1. The molecule has 2 heterocycles. The summed E-state index contributed by atoms with van der Waals surface area (Å²) in [5.41, 5.74) is 1.50. The van der Waals surface area contributed by atoms with Crippen LogP contribution in [-0.2, 0) is 19.1 Å². The molecule has 1 aromatic heterocycles. The third-order valence-electron chi connectivity index (χ3n) is 6.54. The Morgan fingerprint density at radius 3 is 2.41 bits per heavy atom. The van der Waals surface area contributed by atoms with Crippen LogP contribution in [0, 0.1) is 11.3 Å². The van der Waals surface area contributed by atoms with Crippen LogP contribution in [0.4, 0.5) is 13.2 Å². The van der Waals surface area contributed by atoms with Gasteiger partial charge >= 0.3 is 12.1 Å². The molecular weight excluding hydrogens is 505 g/mol. The summed E-state index contributed by atoms with van der Waals surface area (Å²) in [6.07, 6.45) is 1.29. The lowest BCUT2D eigenvalue weighted by molar-refractivity contribution is -0.137. The highest BCUT2D eigenvalue weighted by Gasteiger charge is 2.30. The number of nitriles is 1. The normalized spacial score (nSPS) is 13.7. The molecule has 39 heavy (non-hydrogen) atoms. The van der Waals surface area contributed by atoms with E-state index in [1.165, 1.54) is 12.1 Å². The van der Waals surface area contributed by atoms with Gasteiger partial charge in [-0.05, 0) is 65.9 Å². The molecule has 9 heteroatoms. The Kier molecular flexibility index (Phi) is 7.28. The van der Waals surface area contributed by atoms with Crippen LogP contribution < -0.4 is 4.74 Å². The molecule has 3 aromatic carbocycles. The lowest BCUT2D eigenvalue weighted by Gasteiger charge is -2.11. The highest BCUT2D eigenvalue weighted by Crippen LogP contribution is 2.32. The van der Waals surface area contributed by atoms with Crippen LogP contribution in [0.1, 0.15) is 52.4 Å². The number of carbonyl (C=O) groups excluding carboxylic acids is 1. The number of benzene rings is 3. The molecule has 1 aliphatic rings. The zero-order valence-corrected chi connectivity index (χ0v) is 20.8. The van der Waals surface area contributed by atoms with Crippen LogP contribution in [-0.4, -0.2) is 20.7 Å². The summed E-state index contributed by atoms with van der Waals surface area (Å²) in [5, 5.41) is 18.3. The Morgan fingerprint density at radius 2 is 1.69 bits per heavy atom. The van der Waals surface area contributed by atoms with Gasteiger partial charge in [-0.2, -0.15) is 18.4 Å². The number of fused-ring (bicyclic) bond motifs is 1. The number of carbonyl (C=O) groups is 1. The van der Waals surface area contributed by atoms with Gasteiger partial charge in [0, 0.05) is 13.0 Å².